The fourth-order valence-electron chi connectivity index (χ4n) is 5.61. The molecule has 4 aromatic carbocycles. The fourth-order valence-corrected chi connectivity index (χ4v) is 5.61. The molecule has 0 saturated heterocycles. The predicted molar refractivity (Wildman–Crippen MR) is 163 cm³/mol. The van der Waals surface area contributed by atoms with Crippen molar-refractivity contribution in [1.29, 1.82) is 0 Å². The van der Waals surface area contributed by atoms with Gasteiger partial charge in [0.05, 0.1) is 18.2 Å². The Hall–Kier alpha value is -5.10. The fraction of sp³-hybridized carbons (Fsp3) is 0.111. The second-order valence-corrected chi connectivity index (χ2v) is 10.5. The number of aromatic amines is 1. The summed E-state index contributed by atoms with van der Waals surface area (Å²) in [5, 5.41) is 3.84. The molecular weight excluding hydrogens is 528 g/mol. The Morgan fingerprint density at radius 1 is 0.833 bits per heavy atom. The third-order valence-corrected chi connectivity index (χ3v) is 7.43. The molecule has 0 aliphatic rings. The molecule has 2 aromatic heterocycles. The summed E-state index contributed by atoms with van der Waals surface area (Å²) in [5.41, 5.74) is 7.65. The van der Waals surface area contributed by atoms with Gasteiger partial charge in [0.2, 0.25) is 5.91 Å². The summed E-state index contributed by atoms with van der Waals surface area (Å²) in [6.07, 6.45) is 3.83. The summed E-state index contributed by atoms with van der Waals surface area (Å²) in [6, 6.07) is 30.9. The van der Waals surface area contributed by atoms with Crippen molar-refractivity contribution < 1.29 is 13.6 Å². The van der Waals surface area contributed by atoms with E-state index in [4.69, 9.17) is 4.98 Å². The van der Waals surface area contributed by atoms with E-state index in [-0.39, 0.29) is 24.0 Å². The number of carbonyl (C=O) groups excluding carboxylic acids is 1. The highest BCUT2D eigenvalue weighted by Gasteiger charge is 2.23. The first kappa shape index (κ1) is 27.1. The second kappa shape index (κ2) is 11.8. The third kappa shape index (κ3) is 5.84. The van der Waals surface area contributed by atoms with Gasteiger partial charge in [0.25, 0.3) is 0 Å². The highest BCUT2D eigenvalue weighted by molar-refractivity contribution is 5.89. The summed E-state index contributed by atoms with van der Waals surface area (Å²) < 4.78 is 28.4. The van der Waals surface area contributed by atoms with Crippen LogP contribution in [-0.4, -0.2) is 15.9 Å². The van der Waals surface area contributed by atoms with Crippen LogP contribution in [0.1, 0.15) is 28.4 Å². The van der Waals surface area contributed by atoms with Crippen LogP contribution in [0.2, 0.25) is 0 Å². The quantitative estimate of drug-likeness (QED) is 0.199. The molecule has 1 atom stereocenters. The number of fused-ring (bicyclic) bond motifs is 1. The molecule has 4 nitrogen and oxygen atoms in total. The Bertz CT molecular complexity index is 1860. The molecule has 0 radical (unpaired) electrons. The number of aryl methyl sites for hydroxylation is 1. The van der Waals surface area contributed by atoms with Crippen LogP contribution in [0, 0.1) is 18.6 Å². The zero-order valence-electron chi connectivity index (χ0n) is 23.1. The average molecular weight is 558 g/mol. The zero-order chi connectivity index (χ0) is 29.1. The van der Waals surface area contributed by atoms with Crippen LogP contribution in [-0.2, 0) is 17.6 Å². The van der Waals surface area contributed by atoms with Gasteiger partial charge >= 0.3 is 0 Å². The van der Waals surface area contributed by atoms with Gasteiger partial charge in [-0.2, -0.15) is 0 Å². The van der Waals surface area contributed by atoms with E-state index >= 15 is 0 Å². The maximum Gasteiger partial charge on any atom is 0.225 e. The molecule has 42 heavy (non-hydrogen) atoms. The number of rotatable bonds is 8. The topological polar surface area (TPSA) is 57.8 Å². The molecule has 0 unspecified atom stereocenters. The van der Waals surface area contributed by atoms with Crippen LogP contribution in [0.3, 0.4) is 0 Å². The van der Waals surface area contributed by atoms with E-state index in [0.29, 0.717) is 23.1 Å². The van der Waals surface area contributed by atoms with Gasteiger partial charge in [-0.25, -0.2) is 8.78 Å². The van der Waals surface area contributed by atoms with Crippen LogP contribution in [0.4, 0.5) is 8.78 Å². The minimum absolute atomic E-state index is 0.0465. The molecule has 0 aliphatic heterocycles. The van der Waals surface area contributed by atoms with Crippen LogP contribution in [0.5, 0.6) is 0 Å². The number of halogens is 2. The van der Waals surface area contributed by atoms with Gasteiger partial charge in [-0.1, -0.05) is 66.7 Å². The first-order valence-corrected chi connectivity index (χ1v) is 13.9. The van der Waals surface area contributed by atoms with E-state index in [1.54, 1.807) is 18.5 Å². The molecule has 1 amide bonds. The van der Waals surface area contributed by atoms with Gasteiger partial charge < -0.3 is 10.3 Å². The number of hydrogen-bond acceptors (Lipinski definition) is 2. The van der Waals surface area contributed by atoms with E-state index in [1.165, 1.54) is 24.3 Å². The van der Waals surface area contributed by atoms with Crippen molar-refractivity contribution in [1.82, 2.24) is 15.3 Å². The standard InChI is InChI=1S/C36H29F2N3O/c1-23-16-24(18-28(38)17-23)19-34(41-35(42)20-26-22-40-33-14-13-27(37)21-32(26)33)36-31(12-7-15-39-36)30-11-6-5-10-29(30)25-8-3-2-4-9-25/h2-18,21-22,34,40H,19-20H2,1H3,(H,41,42)/t34-/m0/s1. The Morgan fingerprint density at radius 3 is 2.40 bits per heavy atom. The van der Waals surface area contributed by atoms with Crippen molar-refractivity contribution in [2.75, 3.05) is 0 Å². The first-order valence-electron chi connectivity index (χ1n) is 13.9. The number of amides is 1. The minimum Gasteiger partial charge on any atom is -0.361 e. The first-order chi connectivity index (χ1) is 20.4. The minimum atomic E-state index is -0.555. The number of H-pyrrole nitrogens is 1. The summed E-state index contributed by atoms with van der Waals surface area (Å²) in [7, 11) is 0. The van der Waals surface area contributed by atoms with Crippen molar-refractivity contribution in [3.63, 3.8) is 0 Å². The average Bonchev–Trinajstić information content (AvgIpc) is 3.38. The Morgan fingerprint density at radius 2 is 1.60 bits per heavy atom. The lowest BCUT2D eigenvalue weighted by molar-refractivity contribution is -0.121. The molecule has 0 bridgehead atoms. The van der Waals surface area contributed by atoms with Gasteiger partial charge in [-0.3, -0.25) is 9.78 Å². The van der Waals surface area contributed by atoms with E-state index in [9.17, 15) is 13.6 Å². The summed E-state index contributed by atoms with van der Waals surface area (Å²) in [4.78, 5) is 21.5. The largest absolute Gasteiger partial charge is 0.361 e. The summed E-state index contributed by atoms with van der Waals surface area (Å²) in [5.74, 6) is -0.934. The number of carbonyl (C=O) groups is 1. The van der Waals surface area contributed by atoms with E-state index in [2.05, 4.69) is 34.6 Å². The van der Waals surface area contributed by atoms with Crippen molar-refractivity contribution in [3.05, 3.63) is 150 Å². The molecule has 6 rings (SSSR count). The summed E-state index contributed by atoms with van der Waals surface area (Å²) in [6.45, 7) is 1.85. The number of nitrogens with one attached hydrogen (secondary N) is 2. The Balaban J connectivity index is 1.40. The Kier molecular flexibility index (Phi) is 7.60. The smallest absolute Gasteiger partial charge is 0.225 e. The molecule has 2 N–H and O–H groups in total. The maximum absolute atomic E-state index is 14.4. The van der Waals surface area contributed by atoms with Gasteiger partial charge in [-0.15, -0.1) is 0 Å². The lowest BCUT2D eigenvalue weighted by Gasteiger charge is -2.23. The van der Waals surface area contributed by atoms with Crippen LogP contribution in [0.15, 0.2) is 116 Å². The lowest BCUT2D eigenvalue weighted by Crippen LogP contribution is -2.32. The Labute approximate surface area is 243 Å². The number of pyridine rings is 1. The number of hydrogen-bond donors (Lipinski definition) is 2. The SMILES string of the molecule is Cc1cc(F)cc(C[C@H](NC(=O)Cc2c[nH]c3ccc(F)cc23)c2ncccc2-c2ccccc2-c2ccccc2)c1. The highest BCUT2D eigenvalue weighted by Crippen LogP contribution is 2.36. The van der Waals surface area contributed by atoms with Crippen LogP contribution < -0.4 is 5.32 Å². The molecule has 0 spiro atoms. The van der Waals surface area contributed by atoms with E-state index in [1.807, 2.05) is 55.5 Å². The van der Waals surface area contributed by atoms with Gasteiger partial charge in [0, 0.05) is 28.9 Å². The number of aromatic nitrogens is 2. The predicted octanol–water partition coefficient (Wildman–Crippen LogP) is 8.13. The molecule has 6 heteroatoms. The van der Waals surface area contributed by atoms with Crippen molar-refractivity contribution in [2.45, 2.75) is 25.8 Å². The van der Waals surface area contributed by atoms with Crippen molar-refractivity contribution >= 4 is 16.8 Å². The number of nitrogens with zero attached hydrogens (tertiary/aromatic N) is 1. The highest BCUT2D eigenvalue weighted by atomic mass is 19.1. The maximum atomic E-state index is 14.4. The van der Waals surface area contributed by atoms with E-state index in [0.717, 1.165) is 38.9 Å². The van der Waals surface area contributed by atoms with Crippen LogP contribution >= 0.6 is 0 Å². The summed E-state index contributed by atoms with van der Waals surface area (Å²) >= 11 is 0. The third-order valence-electron chi connectivity index (χ3n) is 7.43. The monoisotopic (exact) mass is 557 g/mol. The van der Waals surface area contributed by atoms with Crippen LogP contribution in [0.25, 0.3) is 33.2 Å². The van der Waals surface area contributed by atoms with Gasteiger partial charge in [-0.05, 0) is 83.1 Å². The molecule has 0 fully saturated rings. The molecular formula is C36H29F2N3O. The lowest BCUT2D eigenvalue weighted by atomic mass is 9.90. The molecule has 6 aromatic rings. The van der Waals surface area contributed by atoms with Crippen molar-refractivity contribution in [3.8, 4) is 22.3 Å². The zero-order valence-corrected chi connectivity index (χ0v) is 23.1. The molecule has 2 heterocycles. The number of benzene rings is 4. The van der Waals surface area contributed by atoms with Gasteiger partial charge in [0.15, 0.2) is 0 Å². The van der Waals surface area contributed by atoms with Crippen molar-refractivity contribution in [2.24, 2.45) is 0 Å². The molecule has 0 aliphatic carbocycles. The van der Waals surface area contributed by atoms with E-state index < -0.39 is 6.04 Å². The molecule has 208 valence electrons. The normalized spacial score (nSPS) is 11.9. The second-order valence-electron chi connectivity index (χ2n) is 10.5. The molecule has 0 saturated carbocycles. The van der Waals surface area contributed by atoms with Gasteiger partial charge in [0.1, 0.15) is 11.6 Å².